The quantitative estimate of drug-likeness (QED) is 0.908. The number of rotatable bonds is 5. The Morgan fingerprint density at radius 2 is 1.95 bits per heavy atom. The first-order valence-electron chi connectivity index (χ1n) is 7.64. The van der Waals surface area contributed by atoms with Crippen LogP contribution in [-0.2, 0) is 0 Å². The number of benzene rings is 1. The lowest BCUT2D eigenvalue weighted by molar-refractivity contribution is 0.0495. The molecule has 2 heterocycles. The number of halogens is 1. The van der Waals surface area contributed by atoms with Crippen LogP contribution < -0.4 is 9.47 Å². The molecule has 2 aliphatic heterocycles. The Hall–Kier alpha value is -1.98. The summed E-state index contributed by atoms with van der Waals surface area (Å²) in [6.07, 6.45) is 2.46. The third-order valence-electron chi connectivity index (χ3n) is 4.36. The Kier molecular flexibility index (Phi) is 4.36. The van der Waals surface area contributed by atoms with Crippen molar-refractivity contribution in [1.29, 1.82) is 0 Å². The van der Waals surface area contributed by atoms with Crippen molar-refractivity contribution in [1.82, 2.24) is 4.90 Å². The summed E-state index contributed by atoms with van der Waals surface area (Å²) < 4.78 is 23.4. The minimum atomic E-state index is -0.826. The molecule has 1 N–H and O–H groups in total. The van der Waals surface area contributed by atoms with Gasteiger partial charge in [0.2, 0.25) is 0 Å². The third kappa shape index (κ3) is 3.10. The zero-order valence-corrected chi connectivity index (χ0v) is 12.3. The Bertz CT molecular complexity index is 525. The van der Waals surface area contributed by atoms with E-state index in [1.165, 1.54) is 0 Å². The molecule has 1 amide bonds. The monoisotopic (exact) mass is 309 g/mol. The smallest absolute Gasteiger partial charge is 0.407 e. The molecule has 3 rings (SSSR count). The van der Waals surface area contributed by atoms with E-state index in [0.717, 1.165) is 25.7 Å². The second kappa shape index (κ2) is 6.42. The molecule has 120 valence electrons. The average Bonchev–Trinajstić information content (AvgIpc) is 2.78. The first kappa shape index (κ1) is 14.9. The molecule has 0 radical (unpaired) electrons. The number of ether oxygens (including phenoxy) is 2. The van der Waals surface area contributed by atoms with Crippen molar-refractivity contribution < 1.29 is 23.8 Å². The molecule has 2 aliphatic rings. The SMILES string of the molecule is O=C(O)N1[C@@H]2CC[C@H]1CC(Oc1cccc(OCCF)c1)C2. The number of hydrogen-bond acceptors (Lipinski definition) is 3. The van der Waals surface area contributed by atoms with Gasteiger partial charge in [0.05, 0.1) is 0 Å². The van der Waals surface area contributed by atoms with Gasteiger partial charge in [0.25, 0.3) is 0 Å². The predicted molar refractivity (Wildman–Crippen MR) is 78.2 cm³/mol. The van der Waals surface area contributed by atoms with Crippen LogP contribution in [0.25, 0.3) is 0 Å². The summed E-state index contributed by atoms with van der Waals surface area (Å²) in [4.78, 5) is 12.8. The van der Waals surface area contributed by atoms with E-state index in [1.807, 2.05) is 12.1 Å². The number of fused-ring (bicyclic) bond motifs is 2. The van der Waals surface area contributed by atoms with Gasteiger partial charge in [-0.15, -0.1) is 0 Å². The Labute approximate surface area is 128 Å². The summed E-state index contributed by atoms with van der Waals surface area (Å²) in [6.45, 7) is -0.493. The van der Waals surface area contributed by atoms with Gasteiger partial charge >= 0.3 is 6.09 Å². The fraction of sp³-hybridized carbons (Fsp3) is 0.562. The molecule has 1 unspecified atom stereocenters. The molecule has 0 aliphatic carbocycles. The number of nitrogens with zero attached hydrogens (tertiary/aromatic N) is 1. The van der Waals surface area contributed by atoms with Crippen LogP contribution in [0, 0.1) is 0 Å². The van der Waals surface area contributed by atoms with Crippen LogP contribution in [0.15, 0.2) is 24.3 Å². The highest BCUT2D eigenvalue weighted by molar-refractivity contribution is 5.66. The fourth-order valence-corrected chi connectivity index (χ4v) is 3.52. The Balaban J connectivity index is 1.62. The fourth-order valence-electron chi connectivity index (χ4n) is 3.52. The van der Waals surface area contributed by atoms with E-state index >= 15 is 0 Å². The number of piperidine rings is 1. The molecule has 6 heteroatoms. The van der Waals surface area contributed by atoms with Crippen molar-refractivity contribution in [3.05, 3.63) is 24.3 Å². The maximum Gasteiger partial charge on any atom is 0.407 e. The largest absolute Gasteiger partial charge is 0.491 e. The molecule has 1 aromatic carbocycles. The summed E-state index contributed by atoms with van der Waals surface area (Å²) >= 11 is 0. The van der Waals surface area contributed by atoms with Gasteiger partial charge in [0.1, 0.15) is 30.9 Å². The molecule has 2 saturated heterocycles. The maximum absolute atomic E-state index is 12.1. The van der Waals surface area contributed by atoms with Crippen molar-refractivity contribution >= 4 is 6.09 Å². The van der Waals surface area contributed by atoms with Gasteiger partial charge in [-0.25, -0.2) is 9.18 Å². The standard InChI is InChI=1S/C16H20FNO4/c17-6-7-21-13-2-1-3-14(10-13)22-15-8-11-4-5-12(9-15)18(11)16(19)20/h1-3,10-12,15H,4-9H2,(H,19,20)/t11-,12+,15?. The lowest BCUT2D eigenvalue weighted by Gasteiger charge is -2.37. The van der Waals surface area contributed by atoms with Gasteiger partial charge in [0.15, 0.2) is 0 Å². The van der Waals surface area contributed by atoms with Crippen molar-refractivity contribution in [2.75, 3.05) is 13.3 Å². The van der Waals surface area contributed by atoms with E-state index in [9.17, 15) is 14.3 Å². The molecule has 3 atom stereocenters. The summed E-state index contributed by atoms with van der Waals surface area (Å²) in [5, 5.41) is 9.25. The van der Waals surface area contributed by atoms with Crippen LogP contribution in [0.5, 0.6) is 11.5 Å². The van der Waals surface area contributed by atoms with Gasteiger partial charge in [-0.05, 0) is 25.0 Å². The highest BCUT2D eigenvalue weighted by atomic mass is 19.1. The van der Waals surface area contributed by atoms with Crippen LogP contribution in [-0.4, -0.2) is 47.6 Å². The predicted octanol–water partition coefficient (Wildman–Crippen LogP) is 3.09. The summed E-state index contributed by atoms with van der Waals surface area (Å²) in [5.41, 5.74) is 0. The minimum Gasteiger partial charge on any atom is -0.491 e. The molecule has 22 heavy (non-hydrogen) atoms. The van der Waals surface area contributed by atoms with E-state index in [1.54, 1.807) is 17.0 Å². The molecular formula is C16H20FNO4. The van der Waals surface area contributed by atoms with Crippen molar-refractivity contribution in [2.24, 2.45) is 0 Å². The van der Waals surface area contributed by atoms with Gasteiger partial charge < -0.3 is 19.5 Å². The van der Waals surface area contributed by atoms with Crippen LogP contribution in [0.3, 0.4) is 0 Å². The highest BCUT2D eigenvalue weighted by Gasteiger charge is 2.44. The lowest BCUT2D eigenvalue weighted by Crippen LogP contribution is -2.48. The number of amides is 1. The second-order valence-corrected chi connectivity index (χ2v) is 5.80. The zero-order chi connectivity index (χ0) is 15.5. The van der Waals surface area contributed by atoms with Gasteiger partial charge in [0, 0.05) is 31.0 Å². The molecule has 0 saturated carbocycles. The van der Waals surface area contributed by atoms with E-state index in [-0.39, 0.29) is 24.8 Å². The molecule has 5 nitrogen and oxygen atoms in total. The minimum absolute atomic E-state index is 0.0181. The Morgan fingerprint density at radius 1 is 1.27 bits per heavy atom. The highest BCUT2D eigenvalue weighted by Crippen LogP contribution is 2.37. The average molecular weight is 309 g/mol. The number of carbonyl (C=O) groups is 1. The molecule has 2 fully saturated rings. The van der Waals surface area contributed by atoms with E-state index < -0.39 is 12.8 Å². The van der Waals surface area contributed by atoms with Crippen LogP contribution in [0.2, 0.25) is 0 Å². The van der Waals surface area contributed by atoms with Gasteiger partial charge in [-0.2, -0.15) is 0 Å². The van der Waals surface area contributed by atoms with E-state index in [2.05, 4.69) is 0 Å². The van der Waals surface area contributed by atoms with E-state index in [4.69, 9.17) is 9.47 Å². The summed E-state index contributed by atoms with van der Waals surface area (Å²) in [5.74, 6) is 1.27. The lowest BCUT2D eigenvalue weighted by atomic mass is 10.0. The molecule has 0 spiro atoms. The molecule has 0 aromatic heterocycles. The molecule has 1 aromatic rings. The summed E-state index contributed by atoms with van der Waals surface area (Å²) in [7, 11) is 0. The second-order valence-electron chi connectivity index (χ2n) is 5.80. The van der Waals surface area contributed by atoms with Crippen molar-refractivity contribution in [2.45, 2.75) is 43.9 Å². The van der Waals surface area contributed by atoms with Crippen LogP contribution >= 0.6 is 0 Å². The normalized spacial score (nSPS) is 26.8. The summed E-state index contributed by atoms with van der Waals surface area (Å²) in [6, 6.07) is 7.29. The van der Waals surface area contributed by atoms with Crippen molar-refractivity contribution in [3.63, 3.8) is 0 Å². The topological polar surface area (TPSA) is 59.0 Å². The number of hydrogen-bond donors (Lipinski definition) is 1. The first-order chi connectivity index (χ1) is 10.7. The van der Waals surface area contributed by atoms with Gasteiger partial charge in [-0.1, -0.05) is 6.07 Å². The number of alkyl halides is 1. The zero-order valence-electron chi connectivity index (χ0n) is 12.3. The number of carboxylic acid groups (broad SMARTS) is 1. The maximum atomic E-state index is 12.1. The van der Waals surface area contributed by atoms with Crippen LogP contribution in [0.1, 0.15) is 25.7 Å². The Morgan fingerprint density at radius 3 is 2.59 bits per heavy atom. The molecule has 2 bridgehead atoms. The van der Waals surface area contributed by atoms with Gasteiger partial charge in [-0.3, -0.25) is 0 Å². The van der Waals surface area contributed by atoms with Crippen LogP contribution in [0.4, 0.5) is 9.18 Å². The van der Waals surface area contributed by atoms with Crippen molar-refractivity contribution in [3.8, 4) is 11.5 Å². The third-order valence-corrected chi connectivity index (χ3v) is 4.36. The molecular weight excluding hydrogens is 289 g/mol. The van der Waals surface area contributed by atoms with E-state index in [0.29, 0.717) is 11.5 Å². The first-order valence-corrected chi connectivity index (χ1v) is 7.64.